The molecule has 1 aliphatic carbocycles. The third-order valence-electron chi connectivity index (χ3n) is 6.57. The molecular weight excluding hydrogens is 328 g/mol. The second-order valence-electron chi connectivity index (χ2n) is 8.44. The highest BCUT2D eigenvalue weighted by atomic mass is 16.5. The molecule has 3 aliphatic rings. The summed E-state index contributed by atoms with van der Waals surface area (Å²) in [6.07, 6.45) is 12.5. The van der Waals surface area contributed by atoms with Crippen LogP contribution < -0.4 is 0 Å². The van der Waals surface area contributed by atoms with E-state index in [0.717, 1.165) is 45.2 Å². The molecule has 0 radical (unpaired) electrons. The van der Waals surface area contributed by atoms with Crippen LogP contribution in [0.4, 0.5) is 0 Å². The first-order valence-corrected chi connectivity index (χ1v) is 10.0. The quantitative estimate of drug-likeness (QED) is 0.808. The second kappa shape index (κ2) is 7.61. The van der Waals surface area contributed by atoms with Crippen molar-refractivity contribution in [3.05, 3.63) is 24.3 Å². The minimum absolute atomic E-state index is 0.00303. The normalized spacial score (nSPS) is 26.2. The zero-order valence-corrected chi connectivity index (χ0v) is 15.8. The fourth-order valence-corrected chi connectivity index (χ4v) is 4.88. The van der Waals surface area contributed by atoms with E-state index in [2.05, 4.69) is 21.9 Å². The van der Waals surface area contributed by atoms with Crippen molar-refractivity contribution < 1.29 is 9.53 Å². The SMILES string of the molecule is CN1CCC(COCC2CCCC2)CC12CN(C(=O)c1cnccn1)C2. The van der Waals surface area contributed by atoms with E-state index in [4.69, 9.17) is 4.74 Å². The van der Waals surface area contributed by atoms with Crippen LogP contribution in [-0.2, 0) is 4.74 Å². The number of carbonyl (C=O) groups is 1. The summed E-state index contributed by atoms with van der Waals surface area (Å²) in [5.74, 6) is 1.40. The summed E-state index contributed by atoms with van der Waals surface area (Å²) in [5.41, 5.74) is 0.564. The predicted molar refractivity (Wildman–Crippen MR) is 98.8 cm³/mol. The van der Waals surface area contributed by atoms with E-state index in [1.54, 1.807) is 18.6 Å². The number of nitrogens with zero attached hydrogens (tertiary/aromatic N) is 4. The minimum atomic E-state index is -0.00303. The molecule has 0 N–H and O–H groups in total. The standard InChI is InChI=1S/C20H30N4O2/c1-23-9-6-17(13-26-12-16-4-2-3-5-16)10-20(23)14-24(15-20)19(25)18-11-21-7-8-22-18/h7-8,11,16-17H,2-6,9-10,12-15H2,1H3. The van der Waals surface area contributed by atoms with Crippen LogP contribution in [0.2, 0.25) is 0 Å². The third-order valence-corrected chi connectivity index (χ3v) is 6.57. The molecule has 1 spiro atoms. The largest absolute Gasteiger partial charge is 0.381 e. The maximum atomic E-state index is 12.5. The number of aromatic nitrogens is 2. The van der Waals surface area contributed by atoms with Crippen LogP contribution >= 0.6 is 0 Å². The van der Waals surface area contributed by atoms with Gasteiger partial charge in [-0.3, -0.25) is 14.7 Å². The fourth-order valence-electron chi connectivity index (χ4n) is 4.88. The molecule has 3 fully saturated rings. The van der Waals surface area contributed by atoms with Crippen LogP contribution in [0.3, 0.4) is 0 Å². The Bertz CT molecular complexity index is 611. The highest BCUT2D eigenvalue weighted by molar-refractivity contribution is 5.92. The number of hydrogen-bond donors (Lipinski definition) is 0. The first-order chi connectivity index (χ1) is 12.7. The number of piperidine rings is 1. The van der Waals surface area contributed by atoms with E-state index in [1.807, 2.05) is 4.90 Å². The first-order valence-electron chi connectivity index (χ1n) is 10.0. The number of likely N-dealkylation sites (tertiary alicyclic amines) is 2. The number of hydrogen-bond acceptors (Lipinski definition) is 5. The molecule has 0 aromatic carbocycles. The summed E-state index contributed by atoms with van der Waals surface area (Å²) in [6, 6.07) is 0. The summed E-state index contributed by atoms with van der Waals surface area (Å²) in [7, 11) is 2.19. The van der Waals surface area contributed by atoms with Gasteiger partial charge < -0.3 is 9.64 Å². The molecular formula is C20H30N4O2. The smallest absolute Gasteiger partial charge is 0.274 e. The van der Waals surface area contributed by atoms with Gasteiger partial charge in [0.1, 0.15) is 5.69 Å². The molecule has 6 nitrogen and oxygen atoms in total. The highest BCUT2D eigenvalue weighted by Gasteiger charge is 2.51. The molecule has 1 atom stereocenters. The highest BCUT2D eigenvalue weighted by Crippen LogP contribution is 2.39. The topological polar surface area (TPSA) is 58.6 Å². The van der Waals surface area contributed by atoms with Crippen molar-refractivity contribution >= 4 is 5.91 Å². The lowest BCUT2D eigenvalue weighted by molar-refractivity contribution is -0.0772. The van der Waals surface area contributed by atoms with Gasteiger partial charge in [-0.25, -0.2) is 4.98 Å². The van der Waals surface area contributed by atoms with Crippen molar-refractivity contribution in [3.63, 3.8) is 0 Å². The average Bonchev–Trinajstić information content (AvgIpc) is 3.15. The Labute approximate surface area is 155 Å². The van der Waals surface area contributed by atoms with E-state index < -0.39 is 0 Å². The Hall–Kier alpha value is -1.53. The molecule has 3 heterocycles. The molecule has 2 saturated heterocycles. The zero-order chi connectivity index (χ0) is 18.0. The molecule has 1 aromatic heterocycles. The molecule has 142 valence electrons. The van der Waals surface area contributed by atoms with Gasteiger partial charge in [-0.15, -0.1) is 0 Å². The van der Waals surface area contributed by atoms with Crippen LogP contribution in [0.15, 0.2) is 18.6 Å². The van der Waals surface area contributed by atoms with Gasteiger partial charge in [-0.05, 0) is 51.1 Å². The van der Waals surface area contributed by atoms with Crippen molar-refractivity contribution in [3.8, 4) is 0 Å². The van der Waals surface area contributed by atoms with Crippen molar-refractivity contribution in [1.29, 1.82) is 0 Å². The zero-order valence-electron chi connectivity index (χ0n) is 15.8. The van der Waals surface area contributed by atoms with Crippen molar-refractivity contribution in [2.45, 2.75) is 44.1 Å². The number of ether oxygens (including phenoxy) is 1. The van der Waals surface area contributed by atoms with Gasteiger partial charge >= 0.3 is 0 Å². The molecule has 0 bridgehead atoms. The molecule has 1 unspecified atom stereocenters. The van der Waals surface area contributed by atoms with Gasteiger partial charge in [-0.1, -0.05) is 12.8 Å². The number of amides is 1. The Morgan fingerprint density at radius 1 is 1.19 bits per heavy atom. The monoisotopic (exact) mass is 358 g/mol. The van der Waals surface area contributed by atoms with Gasteiger partial charge in [0.2, 0.25) is 0 Å². The number of rotatable bonds is 5. The summed E-state index contributed by atoms with van der Waals surface area (Å²) in [4.78, 5) is 25.0. The van der Waals surface area contributed by atoms with Gasteiger partial charge in [0.25, 0.3) is 5.91 Å². The van der Waals surface area contributed by atoms with Crippen LogP contribution in [-0.4, -0.2) is 71.1 Å². The molecule has 1 saturated carbocycles. The Kier molecular flexibility index (Phi) is 5.23. The molecule has 1 aromatic rings. The fraction of sp³-hybridized carbons (Fsp3) is 0.750. The van der Waals surface area contributed by atoms with E-state index in [0.29, 0.717) is 11.6 Å². The van der Waals surface area contributed by atoms with E-state index >= 15 is 0 Å². The maximum absolute atomic E-state index is 12.5. The van der Waals surface area contributed by atoms with Gasteiger partial charge in [-0.2, -0.15) is 0 Å². The summed E-state index contributed by atoms with van der Waals surface area (Å²) in [5, 5.41) is 0. The predicted octanol–water partition coefficient (Wildman–Crippen LogP) is 2.22. The van der Waals surface area contributed by atoms with Gasteiger partial charge in [0.05, 0.1) is 11.7 Å². The lowest BCUT2D eigenvalue weighted by atomic mass is 9.75. The molecule has 26 heavy (non-hydrogen) atoms. The van der Waals surface area contributed by atoms with E-state index in [9.17, 15) is 4.79 Å². The van der Waals surface area contributed by atoms with E-state index in [-0.39, 0.29) is 11.4 Å². The number of carbonyl (C=O) groups excluding carboxylic acids is 1. The van der Waals surface area contributed by atoms with Gasteiger partial charge in [0, 0.05) is 38.7 Å². The van der Waals surface area contributed by atoms with E-state index in [1.165, 1.54) is 32.1 Å². The van der Waals surface area contributed by atoms with Crippen molar-refractivity contribution in [2.75, 3.05) is 39.9 Å². The average molecular weight is 358 g/mol. The lowest BCUT2D eigenvalue weighted by Gasteiger charge is -2.58. The second-order valence-corrected chi connectivity index (χ2v) is 8.44. The van der Waals surface area contributed by atoms with Gasteiger partial charge in [0.15, 0.2) is 0 Å². The Morgan fingerprint density at radius 3 is 2.69 bits per heavy atom. The summed E-state index contributed by atoms with van der Waals surface area (Å²) >= 11 is 0. The third kappa shape index (κ3) is 3.62. The van der Waals surface area contributed by atoms with Crippen molar-refractivity contribution in [2.24, 2.45) is 11.8 Å². The molecule has 6 heteroatoms. The minimum Gasteiger partial charge on any atom is -0.381 e. The van der Waals surface area contributed by atoms with Crippen molar-refractivity contribution in [1.82, 2.24) is 19.8 Å². The summed E-state index contributed by atoms with van der Waals surface area (Å²) in [6.45, 7) is 4.49. The van der Waals surface area contributed by atoms with Crippen LogP contribution in [0, 0.1) is 11.8 Å². The first kappa shape index (κ1) is 17.9. The number of likely N-dealkylation sites (N-methyl/N-ethyl adjacent to an activating group) is 1. The molecule has 2 aliphatic heterocycles. The maximum Gasteiger partial charge on any atom is 0.274 e. The molecule has 1 amide bonds. The van der Waals surface area contributed by atoms with Crippen LogP contribution in [0.1, 0.15) is 49.0 Å². The van der Waals surface area contributed by atoms with Crippen LogP contribution in [0.25, 0.3) is 0 Å². The van der Waals surface area contributed by atoms with Crippen LogP contribution in [0.5, 0.6) is 0 Å². The molecule has 4 rings (SSSR count). The lowest BCUT2D eigenvalue weighted by Crippen LogP contribution is -2.72. The Balaban J connectivity index is 1.28. The summed E-state index contributed by atoms with van der Waals surface area (Å²) < 4.78 is 6.08. The Morgan fingerprint density at radius 2 is 1.96 bits per heavy atom.